The van der Waals surface area contributed by atoms with Crippen LogP contribution in [-0.2, 0) is 19.6 Å². The van der Waals surface area contributed by atoms with Gasteiger partial charge in [-0.1, -0.05) is 6.92 Å². The molecule has 1 aromatic rings. The fraction of sp³-hybridized carbons (Fsp3) is 0.444. The highest BCUT2D eigenvalue weighted by atomic mass is 16.3. The molecule has 0 bridgehead atoms. The van der Waals surface area contributed by atoms with Crippen LogP contribution in [0.15, 0.2) is 6.20 Å². The van der Waals surface area contributed by atoms with Crippen LogP contribution in [0.1, 0.15) is 23.7 Å². The lowest BCUT2D eigenvalue weighted by molar-refractivity contribution is 0.254. The topological polar surface area (TPSA) is 73.6 Å². The number of hydrogen-bond donors (Lipinski definition) is 3. The highest BCUT2D eigenvalue weighted by Crippen LogP contribution is 2.24. The van der Waals surface area contributed by atoms with Crippen molar-refractivity contribution in [1.29, 1.82) is 0 Å². The number of hydrogen-bond acceptors (Lipinski definition) is 4. The molecule has 0 aliphatic carbocycles. The second-order valence-corrected chi connectivity index (χ2v) is 2.73. The highest BCUT2D eigenvalue weighted by molar-refractivity contribution is 5.40. The van der Waals surface area contributed by atoms with Crippen LogP contribution in [0.25, 0.3) is 0 Å². The van der Waals surface area contributed by atoms with E-state index in [4.69, 9.17) is 10.2 Å². The van der Waals surface area contributed by atoms with Gasteiger partial charge in [-0.25, -0.2) is 0 Å². The number of nitrogens with zero attached hydrogens (tertiary/aromatic N) is 1. The van der Waals surface area contributed by atoms with E-state index in [1.165, 1.54) is 6.20 Å². The molecule has 0 saturated heterocycles. The summed E-state index contributed by atoms with van der Waals surface area (Å²) in [5.74, 6) is -0.00319. The lowest BCUT2D eigenvalue weighted by Gasteiger charge is -2.09. The van der Waals surface area contributed by atoms with Crippen LogP contribution in [0, 0.1) is 0 Å². The van der Waals surface area contributed by atoms with E-state index in [-0.39, 0.29) is 19.0 Å². The zero-order valence-electron chi connectivity index (χ0n) is 7.49. The summed E-state index contributed by atoms with van der Waals surface area (Å²) in [7, 11) is 0. The molecule has 0 spiro atoms. The minimum absolute atomic E-state index is 0.00319. The maximum absolute atomic E-state index is 9.57. The monoisotopic (exact) mass is 183 g/mol. The molecule has 4 heteroatoms. The fourth-order valence-electron chi connectivity index (χ4n) is 1.19. The van der Waals surface area contributed by atoms with E-state index in [0.717, 1.165) is 0 Å². The maximum Gasteiger partial charge on any atom is 0.142 e. The first kappa shape index (κ1) is 9.95. The van der Waals surface area contributed by atoms with Gasteiger partial charge in [-0.05, 0) is 6.42 Å². The zero-order valence-corrected chi connectivity index (χ0v) is 7.49. The predicted octanol–water partition coefficient (Wildman–Crippen LogP) is 0.334. The molecule has 13 heavy (non-hydrogen) atoms. The van der Waals surface area contributed by atoms with E-state index in [0.29, 0.717) is 23.2 Å². The number of aromatic hydroxyl groups is 1. The minimum atomic E-state index is -0.281. The Morgan fingerprint density at radius 2 is 2.00 bits per heavy atom. The second-order valence-electron chi connectivity index (χ2n) is 2.73. The lowest BCUT2D eigenvalue weighted by Crippen LogP contribution is -2.00. The Bertz CT molecular complexity index is 299. The SMILES string of the molecule is CCc1ncc(CO)c(CO)c1O. The van der Waals surface area contributed by atoms with E-state index >= 15 is 0 Å². The van der Waals surface area contributed by atoms with Gasteiger partial charge in [0.25, 0.3) is 0 Å². The molecule has 1 aromatic heterocycles. The van der Waals surface area contributed by atoms with E-state index in [1.807, 2.05) is 6.92 Å². The number of aromatic nitrogens is 1. The van der Waals surface area contributed by atoms with Crippen molar-refractivity contribution in [3.8, 4) is 5.75 Å². The summed E-state index contributed by atoms with van der Waals surface area (Å²) in [5.41, 5.74) is 1.38. The second kappa shape index (κ2) is 4.20. The van der Waals surface area contributed by atoms with E-state index in [1.54, 1.807) is 0 Å². The average molecular weight is 183 g/mol. The maximum atomic E-state index is 9.57. The first-order valence-electron chi connectivity index (χ1n) is 4.14. The van der Waals surface area contributed by atoms with Crippen LogP contribution in [0.3, 0.4) is 0 Å². The smallest absolute Gasteiger partial charge is 0.142 e. The van der Waals surface area contributed by atoms with Crippen LogP contribution in [0.4, 0.5) is 0 Å². The Balaban J connectivity index is 3.23. The van der Waals surface area contributed by atoms with Gasteiger partial charge in [0.2, 0.25) is 0 Å². The normalized spacial score (nSPS) is 10.4. The first-order valence-corrected chi connectivity index (χ1v) is 4.14. The van der Waals surface area contributed by atoms with Crippen molar-refractivity contribution in [3.63, 3.8) is 0 Å². The summed E-state index contributed by atoms with van der Waals surface area (Å²) in [6.07, 6.45) is 2.08. The van der Waals surface area contributed by atoms with Crippen molar-refractivity contribution in [2.75, 3.05) is 0 Å². The summed E-state index contributed by atoms with van der Waals surface area (Å²) >= 11 is 0. The standard InChI is InChI=1S/C9H13NO3/c1-2-8-9(13)7(5-12)6(4-11)3-10-8/h3,11-13H,2,4-5H2,1H3. The first-order chi connectivity index (χ1) is 6.24. The number of aliphatic hydroxyl groups excluding tert-OH is 2. The zero-order chi connectivity index (χ0) is 9.84. The third kappa shape index (κ3) is 1.79. The molecular formula is C9H13NO3. The highest BCUT2D eigenvalue weighted by Gasteiger charge is 2.10. The molecule has 3 N–H and O–H groups in total. The van der Waals surface area contributed by atoms with E-state index in [2.05, 4.69) is 4.98 Å². The molecule has 1 rings (SSSR count). The van der Waals surface area contributed by atoms with Gasteiger partial charge in [-0.3, -0.25) is 4.98 Å². The Morgan fingerprint density at radius 3 is 2.46 bits per heavy atom. The molecule has 0 aliphatic heterocycles. The molecule has 1 heterocycles. The third-order valence-electron chi connectivity index (χ3n) is 1.99. The molecule has 0 saturated carbocycles. The van der Waals surface area contributed by atoms with Gasteiger partial charge in [-0.15, -0.1) is 0 Å². The summed E-state index contributed by atoms with van der Waals surface area (Å²) in [6.45, 7) is 1.36. The number of aliphatic hydroxyl groups is 2. The average Bonchev–Trinajstić information content (AvgIpc) is 2.17. The molecule has 72 valence electrons. The Labute approximate surface area is 76.5 Å². The Hall–Kier alpha value is -1.13. The molecule has 0 unspecified atom stereocenters. The van der Waals surface area contributed by atoms with Crippen LogP contribution in [0.5, 0.6) is 5.75 Å². The van der Waals surface area contributed by atoms with Gasteiger partial charge in [0, 0.05) is 17.3 Å². The van der Waals surface area contributed by atoms with Crippen molar-refractivity contribution < 1.29 is 15.3 Å². The largest absolute Gasteiger partial charge is 0.506 e. The van der Waals surface area contributed by atoms with E-state index in [9.17, 15) is 5.11 Å². The van der Waals surface area contributed by atoms with Crippen LogP contribution < -0.4 is 0 Å². The van der Waals surface area contributed by atoms with Gasteiger partial charge in [0.15, 0.2) is 0 Å². The quantitative estimate of drug-likeness (QED) is 0.631. The van der Waals surface area contributed by atoms with Gasteiger partial charge >= 0.3 is 0 Å². The van der Waals surface area contributed by atoms with Crippen molar-refractivity contribution >= 4 is 0 Å². The fourth-order valence-corrected chi connectivity index (χ4v) is 1.19. The van der Waals surface area contributed by atoms with Gasteiger partial charge in [0.05, 0.1) is 18.9 Å². The number of pyridine rings is 1. The van der Waals surface area contributed by atoms with Gasteiger partial charge in [-0.2, -0.15) is 0 Å². The number of rotatable bonds is 3. The van der Waals surface area contributed by atoms with Crippen LogP contribution in [0.2, 0.25) is 0 Å². The van der Waals surface area contributed by atoms with Gasteiger partial charge in [0.1, 0.15) is 5.75 Å². The summed E-state index contributed by atoms with van der Waals surface area (Å²) in [5, 5.41) is 27.4. The molecule has 4 nitrogen and oxygen atoms in total. The number of aryl methyl sites for hydroxylation is 1. The van der Waals surface area contributed by atoms with Crippen molar-refractivity contribution in [2.45, 2.75) is 26.6 Å². The van der Waals surface area contributed by atoms with Crippen LogP contribution >= 0.6 is 0 Å². The molecule has 0 fully saturated rings. The molecule has 0 radical (unpaired) electrons. The minimum Gasteiger partial charge on any atom is -0.506 e. The lowest BCUT2D eigenvalue weighted by atomic mass is 10.1. The molecule has 0 aliphatic rings. The van der Waals surface area contributed by atoms with Crippen LogP contribution in [-0.4, -0.2) is 20.3 Å². The summed E-state index contributed by atoms with van der Waals surface area (Å²) in [4.78, 5) is 3.96. The third-order valence-corrected chi connectivity index (χ3v) is 1.99. The Morgan fingerprint density at radius 1 is 1.31 bits per heavy atom. The summed E-state index contributed by atoms with van der Waals surface area (Å²) < 4.78 is 0. The summed E-state index contributed by atoms with van der Waals surface area (Å²) in [6, 6.07) is 0. The van der Waals surface area contributed by atoms with E-state index < -0.39 is 0 Å². The molecule has 0 amide bonds. The molecule has 0 aromatic carbocycles. The van der Waals surface area contributed by atoms with Crippen molar-refractivity contribution in [3.05, 3.63) is 23.0 Å². The Kier molecular flexibility index (Phi) is 3.22. The molecule has 0 atom stereocenters. The van der Waals surface area contributed by atoms with Gasteiger partial charge < -0.3 is 15.3 Å². The van der Waals surface area contributed by atoms with Crippen molar-refractivity contribution in [1.82, 2.24) is 4.98 Å². The van der Waals surface area contributed by atoms with Crippen molar-refractivity contribution in [2.24, 2.45) is 0 Å². The predicted molar refractivity (Wildman–Crippen MR) is 47.1 cm³/mol. The molecular weight excluding hydrogens is 170 g/mol.